The Kier molecular flexibility index (Phi) is 6.24. The highest BCUT2D eigenvalue weighted by Gasteiger charge is 2.58. The maximum Gasteiger partial charge on any atom is 0.258 e. The minimum absolute atomic E-state index is 0.0198. The van der Waals surface area contributed by atoms with E-state index in [2.05, 4.69) is 10.6 Å². The van der Waals surface area contributed by atoms with Crippen molar-refractivity contribution in [2.45, 2.75) is 31.3 Å². The van der Waals surface area contributed by atoms with E-state index in [1.54, 1.807) is 6.07 Å². The fraction of sp³-hybridized carbons (Fsp3) is 0.391. The molecule has 9 heteroatoms. The maximum absolute atomic E-state index is 13.8. The first-order valence-electron chi connectivity index (χ1n) is 10.3. The van der Waals surface area contributed by atoms with Crippen molar-refractivity contribution in [3.63, 3.8) is 0 Å². The molecule has 3 saturated carbocycles. The summed E-state index contributed by atoms with van der Waals surface area (Å²) in [5, 5.41) is 5.81. The molecule has 0 aliphatic heterocycles. The number of ether oxygens (including phenoxy) is 2. The largest absolute Gasteiger partial charge is 0.494 e. The number of halogens is 3. The summed E-state index contributed by atoms with van der Waals surface area (Å²) in [5.74, 6) is -1.16. The van der Waals surface area contributed by atoms with Crippen LogP contribution >= 0.6 is 11.6 Å². The number of hydrogen-bond donors (Lipinski definition) is 2. The van der Waals surface area contributed by atoms with Gasteiger partial charge in [0.15, 0.2) is 18.2 Å². The number of nitrogens with one attached hydrogen (secondary N) is 2. The molecule has 1 atom stereocenters. The molecule has 0 heterocycles. The third-order valence-electron chi connectivity index (χ3n) is 6.17. The minimum Gasteiger partial charge on any atom is -0.494 e. The quantitative estimate of drug-likeness (QED) is 0.625. The number of rotatable bonds is 8. The molecule has 5 rings (SSSR count). The van der Waals surface area contributed by atoms with Crippen molar-refractivity contribution >= 4 is 23.4 Å². The lowest BCUT2D eigenvalue weighted by Crippen LogP contribution is -2.53. The van der Waals surface area contributed by atoms with E-state index in [0.717, 1.165) is 18.9 Å². The van der Waals surface area contributed by atoms with Gasteiger partial charge in [0.25, 0.3) is 5.91 Å². The van der Waals surface area contributed by atoms with Crippen molar-refractivity contribution in [1.82, 2.24) is 10.6 Å². The molecule has 3 fully saturated rings. The Morgan fingerprint density at radius 3 is 2.59 bits per heavy atom. The number of amides is 2. The molecular weight excluding hydrogens is 442 g/mol. The van der Waals surface area contributed by atoms with Crippen LogP contribution in [-0.4, -0.2) is 31.1 Å². The predicted octanol–water partition coefficient (Wildman–Crippen LogP) is 3.61. The van der Waals surface area contributed by atoms with Crippen LogP contribution in [0.5, 0.6) is 11.5 Å². The van der Waals surface area contributed by atoms with Crippen LogP contribution in [0.15, 0.2) is 36.4 Å². The summed E-state index contributed by atoms with van der Waals surface area (Å²) >= 11 is 5.63. The SMILES string of the molecule is COc1ccc(CNC(=O)[C@@H]2CC3(NC(=O)COc4ccc(Cl)c(F)c4)CC2C3)cc1F. The zero-order valence-electron chi connectivity index (χ0n) is 17.4. The lowest BCUT2D eigenvalue weighted by Gasteiger charge is -2.39. The summed E-state index contributed by atoms with van der Waals surface area (Å²) in [7, 11) is 1.39. The van der Waals surface area contributed by atoms with Crippen molar-refractivity contribution in [2.24, 2.45) is 11.8 Å². The van der Waals surface area contributed by atoms with Crippen molar-refractivity contribution in [2.75, 3.05) is 13.7 Å². The predicted molar refractivity (Wildman–Crippen MR) is 113 cm³/mol. The van der Waals surface area contributed by atoms with E-state index in [1.165, 1.54) is 31.4 Å². The van der Waals surface area contributed by atoms with Gasteiger partial charge in [0, 0.05) is 24.1 Å². The summed E-state index contributed by atoms with van der Waals surface area (Å²) in [6.07, 6.45) is 1.99. The molecule has 0 unspecified atom stereocenters. The van der Waals surface area contributed by atoms with Gasteiger partial charge in [0.2, 0.25) is 5.91 Å². The van der Waals surface area contributed by atoms with E-state index in [1.807, 2.05) is 0 Å². The number of fused-ring (bicyclic) bond motifs is 1. The van der Waals surface area contributed by atoms with E-state index in [9.17, 15) is 18.4 Å². The molecule has 2 aromatic rings. The highest BCUT2D eigenvalue weighted by Crippen LogP contribution is 2.55. The zero-order chi connectivity index (χ0) is 22.9. The molecule has 2 bridgehead atoms. The second-order valence-corrected chi connectivity index (χ2v) is 8.77. The van der Waals surface area contributed by atoms with Gasteiger partial charge in [0.05, 0.1) is 12.1 Å². The minimum atomic E-state index is -0.618. The Hall–Kier alpha value is -2.87. The van der Waals surface area contributed by atoms with Gasteiger partial charge in [-0.25, -0.2) is 8.78 Å². The molecule has 0 saturated heterocycles. The van der Waals surface area contributed by atoms with Crippen LogP contribution in [0.3, 0.4) is 0 Å². The van der Waals surface area contributed by atoms with Gasteiger partial charge in [-0.15, -0.1) is 0 Å². The van der Waals surface area contributed by atoms with Gasteiger partial charge in [-0.05, 0) is 55.0 Å². The highest BCUT2D eigenvalue weighted by molar-refractivity contribution is 6.30. The van der Waals surface area contributed by atoms with Crippen LogP contribution in [0.2, 0.25) is 5.02 Å². The van der Waals surface area contributed by atoms with Gasteiger partial charge in [0.1, 0.15) is 11.6 Å². The topological polar surface area (TPSA) is 76.7 Å². The first kappa shape index (κ1) is 22.3. The second-order valence-electron chi connectivity index (χ2n) is 8.36. The van der Waals surface area contributed by atoms with Crippen LogP contribution in [0.1, 0.15) is 24.8 Å². The average Bonchev–Trinajstić information content (AvgIpc) is 3.28. The van der Waals surface area contributed by atoms with Crippen LogP contribution in [0.4, 0.5) is 8.78 Å². The zero-order valence-corrected chi connectivity index (χ0v) is 18.2. The summed E-state index contributed by atoms with van der Waals surface area (Å²) in [5.41, 5.74) is 0.228. The normalized spacial score (nSPS) is 23.2. The molecule has 170 valence electrons. The van der Waals surface area contributed by atoms with Gasteiger partial charge in [-0.1, -0.05) is 17.7 Å². The number of carbonyl (C=O) groups excluding carboxylic acids is 2. The van der Waals surface area contributed by atoms with E-state index in [4.69, 9.17) is 21.1 Å². The summed E-state index contributed by atoms with van der Waals surface area (Å²) in [6.45, 7) is -0.0405. The highest BCUT2D eigenvalue weighted by atomic mass is 35.5. The number of carbonyl (C=O) groups is 2. The molecule has 0 spiro atoms. The van der Waals surface area contributed by atoms with E-state index in [0.29, 0.717) is 12.0 Å². The molecule has 2 amide bonds. The Morgan fingerprint density at radius 1 is 1.12 bits per heavy atom. The third kappa shape index (κ3) is 4.65. The molecule has 2 N–H and O–H groups in total. The van der Waals surface area contributed by atoms with Gasteiger partial charge in [-0.2, -0.15) is 0 Å². The number of methoxy groups -OCH3 is 1. The smallest absolute Gasteiger partial charge is 0.258 e. The summed E-state index contributed by atoms with van der Waals surface area (Å²) in [4.78, 5) is 25.0. The molecule has 0 aromatic heterocycles. The number of benzene rings is 2. The van der Waals surface area contributed by atoms with Crippen LogP contribution < -0.4 is 20.1 Å². The first-order valence-corrected chi connectivity index (χ1v) is 10.7. The monoisotopic (exact) mass is 464 g/mol. The second kappa shape index (κ2) is 8.94. The van der Waals surface area contributed by atoms with E-state index in [-0.39, 0.29) is 53.3 Å². The summed E-state index contributed by atoms with van der Waals surface area (Å²) in [6, 6.07) is 8.53. The van der Waals surface area contributed by atoms with E-state index < -0.39 is 17.2 Å². The van der Waals surface area contributed by atoms with Crippen molar-refractivity contribution in [3.05, 3.63) is 58.6 Å². The van der Waals surface area contributed by atoms with Crippen molar-refractivity contribution in [3.8, 4) is 11.5 Å². The lowest BCUT2D eigenvalue weighted by molar-refractivity contribution is -0.126. The Bertz CT molecular complexity index is 1040. The average molecular weight is 465 g/mol. The third-order valence-corrected chi connectivity index (χ3v) is 6.48. The van der Waals surface area contributed by atoms with Crippen molar-refractivity contribution in [1.29, 1.82) is 0 Å². The molecule has 32 heavy (non-hydrogen) atoms. The van der Waals surface area contributed by atoms with Gasteiger partial charge in [-0.3, -0.25) is 9.59 Å². The standard InChI is InChI=1S/C23H23ClF2N2O4/c1-31-20-5-2-13(6-19(20)26)11-27-22(30)16-10-23(8-14(16)9-23)28-21(29)12-32-15-3-4-17(24)18(25)7-15/h2-7,14,16H,8-12H2,1H3,(H,27,30)(H,28,29)/t14?,16-,23?/m1/s1. The fourth-order valence-electron chi connectivity index (χ4n) is 4.63. The van der Waals surface area contributed by atoms with Crippen molar-refractivity contribution < 1.29 is 27.8 Å². The first-order chi connectivity index (χ1) is 15.3. The molecule has 2 aromatic carbocycles. The lowest BCUT2D eigenvalue weighted by atomic mass is 9.76. The Morgan fingerprint density at radius 2 is 1.91 bits per heavy atom. The molecular formula is C23H23ClF2N2O4. The summed E-state index contributed by atoms with van der Waals surface area (Å²) < 4.78 is 37.5. The van der Waals surface area contributed by atoms with Crippen LogP contribution in [-0.2, 0) is 16.1 Å². The maximum atomic E-state index is 13.8. The fourth-order valence-corrected chi connectivity index (χ4v) is 4.75. The van der Waals surface area contributed by atoms with Gasteiger partial charge < -0.3 is 20.1 Å². The Labute approximate surface area is 189 Å². The van der Waals surface area contributed by atoms with E-state index >= 15 is 0 Å². The molecule has 6 nitrogen and oxygen atoms in total. The van der Waals surface area contributed by atoms with Crippen LogP contribution in [0.25, 0.3) is 0 Å². The molecule has 0 radical (unpaired) electrons. The molecule has 3 aliphatic rings. The Balaban J connectivity index is 1.25. The van der Waals surface area contributed by atoms with Gasteiger partial charge >= 0.3 is 0 Å². The molecule has 3 aliphatic carbocycles. The number of hydrogen-bond acceptors (Lipinski definition) is 4. The van der Waals surface area contributed by atoms with Crippen LogP contribution in [0, 0.1) is 23.5 Å².